The van der Waals surface area contributed by atoms with Gasteiger partial charge in [0.2, 0.25) is 0 Å². The molecule has 1 nitrogen and oxygen atoms in total. The highest BCUT2D eigenvalue weighted by molar-refractivity contribution is 7.80. The molecule has 0 saturated heterocycles. The molecule has 0 aromatic heterocycles. The van der Waals surface area contributed by atoms with Crippen LogP contribution in [0.15, 0.2) is 24.3 Å². The fourth-order valence-electron chi connectivity index (χ4n) is 1.23. The maximum atomic E-state index is 5.34. The molecule has 1 rings (SSSR count). The van der Waals surface area contributed by atoms with Crippen LogP contribution < -0.4 is 5.32 Å². The van der Waals surface area contributed by atoms with E-state index >= 15 is 0 Å². The van der Waals surface area contributed by atoms with Crippen LogP contribution in [0.25, 0.3) is 0 Å². The van der Waals surface area contributed by atoms with Crippen LogP contribution in [-0.4, -0.2) is 11.0 Å². The van der Waals surface area contributed by atoms with Gasteiger partial charge < -0.3 is 5.32 Å². The second-order valence-electron chi connectivity index (χ2n) is 3.60. The predicted octanol–water partition coefficient (Wildman–Crippen LogP) is 3.06. The minimum absolute atomic E-state index is 0.446. The van der Waals surface area contributed by atoms with Crippen molar-refractivity contribution in [3.05, 3.63) is 35.4 Å². The minimum Gasteiger partial charge on any atom is -0.373 e. The van der Waals surface area contributed by atoms with Crippen LogP contribution in [0.4, 0.5) is 0 Å². The van der Waals surface area contributed by atoms with Crippen molar-refractivity contribution in [1.82, 2.24) is 5.32 Å². The van der Waals surface area contributed by atoms with Crippen molar-refractivity contribution in [3.63, 3.8) is 0 Å². The largest absolute Gasteiger partial charge is 0.373 e. The van der Waals surface area contributed by atoms with Gasteiger partial charge in [0.1, 0.15) is 4.99 Å². The van der Waals surface area contributed by atoms with Crippen molar-refractivity contribution in [1.29, 1.82) is 0 Å². The highest BCUT2D eigenvalue weighted by Crippen LogP contribution is 2.08. The first-order valence-corrected chi connectivity index (χ1v) is 5.42. The molecule has 0 bridgehead atoms. The van der Waals surface area contributed by atoms with Gasteiger partial charge in [-0.05, 0) is 25.8 Å². The lowest BCUT2D eigenvalue weighted by atomic mass is 10.1. The molecule has 0 aliphatic heterocycles. The summed E-state index contributed by atoms with van der Waals surface area (Å²) in [5.41, 5.74) is 2.37. The third-order valence-electron chi connectivity index (χ3n) is 2.38. The van der Waals surface area contributed by atoms with Crippen LogP contribution in [0.3, 0.4) is 0 Å². The van der Waals surface area contributed by atoms with Crippen molar-refractivity contribution in [2.45, 2.75) is 33.2 Å². The fraction of sp³-hybridized carbons (Fsp3) is 0.417. The smallest absolute Gasteiger partial charge is 0.107 e. The first-order valence-electron chi connectivity index (χ1n) is 5.01. The Kier molecular flexibility index (Phi) is 4.08. The average molecular weight is 207 g/mol. The number of benzene rings is 1. The molecule has 76 valence electrons. The van der Waals surface area contributed by atoms with E-state index in [1.54, 1.807) is 0 Å². The first-order chi connectivity index (χ1) is 6.65. The molecule has 0 heterocycles. The zero-order chi connectivity index (χ0) is 10.6. The summed E-state index contributed by atoms with van der Waals surface area (Å²) in [7, 11) is 0. The third-order valence-corrected chi connectivity index (χ3v) is 2.72. The van der Waals surface area contributed by atoms with Gasteiger partial charge in [0.05, 0.1) is 0 Å². The van der Waals surface area contributed by atoms with E-state index in [9.17, 15) is 0 Å². The molecule has 1 atom stereocenters. The van der Waals surface area contributed by atoms with Gasteiger partial charge in [-0.3, -0.25) is 0 Å². The number of hydrogen-bond donors (Lipinski definition) is 1. The molecule has 0 saturated carbocycles. The number of hydrogen-bond acceptors (Lipinski definition) is 1. The quantitative estimate of drug-likeness (QED) is 0.765. The highest BCUT2D eigenvalue weighted by Gasteiger charge is 2.05. The second-order valence-corrected chi connectivity index (χ2v) is 4.01. The Hall–Kier alpha value is -0.890. The van der Waals surface area contributed by atoms with Crippen LogP contribution in [0.5, 0.6) is 0 Å². The van der Waals surface area contributed by atoms with Gasteiger partial charge in [0.25, 0.3) is 0 Å². The molecule has 0 aliphatic carbocycles. The Bertz CT molecular complexity index is 320. The molecule has 0 aliphatic rings. The Morgan fingerprint density at radius 3 is 2.64 bits per heavy atom. The molecule has 0 amide bonds. The predicted molar refractivity (Wildman–Crippen MR) is 65.8 cm³/mol. The molecule has 1 aromatic carbocycles. The van der Waals surface area contributed by atoms with Gasteiger partial charge in [-0.25, -0.2) is 0 Å². The van der Waals surface area contributed by atoms with E-state index in [2.05, 4.69) is 38.2 Å². The standard InChI is InChI=1S/C12H17NS/c1-4-10(3)13-12(14)11-8-6-5-7-9(11)2/h5-8,10H,4H2,1-3H3,(H,13,14)/t10-/m1/s1. The Labute approximate surface area is 91.5 Å². The van der Waals surface area contributed by atoms with Gasteiger partial charge in [-0.15, -0.1) is 0 Å². The summed E-state index contributed by atoms with van der Waals surface area (Å²) in [6.07, 6.45) is 1.09. The lowest BCUT2D eigenvalue weighted by Crippen LogP contribution is -2.31. The van der Waals surface area contributed by atoms with Crippen molar-refractivity contribution < 1.29 is 0 Å². The summed E-state index contributed by atoms with van der Waals surface area (Å²) in [5.74, 6) is 0. The lowest BCUT2D eigenvalue weighted by Gasteiger charge is -2.15. The molecule has 0 spiro atoms. The van der Waals surface area contributed by atoms with E-state index in [1.165, 1.54) is 5.56 Å². The van der Waals surface area contributed by atoms with Gasteiger partial charge >= 0.3 is 0 Å². The Morgan fingerprint density at radius 1 is 1.43 bits per heavy atom. The molecule has 0 radical (unpaired) electrons. The van der Waals surface area contributed by atoms with Crippen LogP contribution in [0.1, 0.15) is 31.4 Å². The Morgan fingerprint density at radius 2 is 2.07 bits per heavy atom. The first kappa shape index (κ1) is 11.2. The summed E-state index contributed by atoms with van der Waals surface area (Å²) in [4.78, 5) is 0.859. The molecular formula is C12H17NS. The van der Waals surface area contributed by atoms with E-state index in [0.717, 1.165) is 17.0 Å². The van der Waals surface area contributed by atoms with Crippen molar-refractivity contribution in [3.8, 4) is 0 Å². The van der Waals surface area contributed by atoms with Crippen LogP contribution in [0, 0.1) is 6.92 Å². The van der Waals surface area contributed by atoms with Crippen molar-refractivity contribution >= 4 is 17.2 Å². The fourth-order valence-corrected chi connectivity index (χ4v) is 1.66. The summed E-state index contributed by atoms with van der Waals surface area (Å²) in [5, 5.41) is 3.32. The molecule has 14 heavy (non-hydrogen) atoms. The van der Waals surface area contributed by atoms with E-state index < -0.39 is 0 Å². The highest BCUT2D eigenvalue weighted by atomic mass is 32.1. The Balaban J connectivity index is 2.75. The summed E-state index contributed by atoms with van der Waals surface area (Å²) < 4.78 is 0. The van der Waals surface area contributed by atoms with Crippen LogP contribution in [0.2, 0.25) is 0 Å². The number of thiocarbonyl (C=S) groups is 1. The van der Waals surface area contributed by atoms with E-state index in [0.29, 0.717) is 6.04 Å². The molecule has 0 unspecified atom stereocenters. The normalized spacial score (nSPS) is 12.2. The van der Waals surface area contributed by atoms with Gasteiger partial charge in [-0.2, -0.15) is 0 Å². The third kappa shape index (κ3) is 2.81. The number of rotatable bonds is 3. The van der Waals surface area contributed by atoms with Crippen LogP contribution in [-0.2, 0) is 0 Å². The maximum Gasteiger partial charge on any atom is 0.107 e. The maximum absolute atomic E-state index is 5.34. The molecule has 0 fully saturated rings. The minimum atomic E-state index is 0.446. The van der Waals surface area contributed by atoms with Crippen molar-refractivity contribution in [2.24, 2.45) is 0 Å². The summed E-state index contributed by atoms with van der Waals surface area (Å²) in [6.45, 7) is 6.38. The molecule has 1 aromatic rings. The van der Waals surface area contributed by atoms with Crippen LogP contribution >= 0.6 is 12.2 Å². The molecule has 1 N–H and O–H groups in total. The van der Waals surface area contributed by atoms with E-state index in [1.807, 2.05) is 12.1 Å². The topological polar surface area (TPSA) is 12.0 Å². The monoisotopic (exact) mass is 207 g/mol. The summed E-state index contributed by atoms with van der Waals surface area (Å²) >= 11 is 5.34. The van der Waals surface area contributed by atoms with Gasteiger partial charge in [0, 0.05) is 11.6 Å². The number of nitrogens with one attached hydrogen (secondary N) is 1. The molecular weight excluding hydrogens is 190 g/mol. The van der Waals surface area contributed by atoms with Gasteiger partial charge in [-0.1, -0.05) is 43.4 Å². The lowest BCUT2D eigenvalue weighted by molar-refractivity contribution is 0.647. The second kappa shape index (κ2) is 5.11. The summed E-state index contributed by atoms with van der Waals surface area (Å²) in [6, 6.07) is 8.65. The van der Waals surface area contributed by atoms with Crippen molar-refractivity contribution in [2.75, 3.05) is 0 Å². The van der Waals surface area contributed by atoms with E-state index in [-0.39, 0.29) is 0 Å². The zero-order valence-electron chi connectivity index (χ0n) is 9.00. The SMILES string of the molecule is CC[C@@H](C)NC(=S)c1ccccc1C. The van der Waals surface area contributed by atoms with Gasteiger partial charge in [0.15, 0.2) is 0 Å². The zero-order valence-corrected chi connectivity index (χ0v) is 9.82. The number of aryl methyl sites for hydroxylation is 1. The van der Waals surface area contributed by atoms with E-state index in [4.69, 9.17) is 12.2 Å². The molecule has 2 heteroatoms. The average Bonchev–Trinajstić information content (AvgIpc) is 2.18.